The molecule has 0 aliphatic heterocycles. The fraction of sp³-hybridized carbons (Fsp3) is 0.571. The number of benzene rings is 2. The normalized spacial score (nSPS) is 12.2. The second-order valence-electron chi connectivity index (χ2n) is 9.60. The highest BCUT2D eigenvalue weighted by atomic mass is 35.5. The lowest BCUT2D eigenvalue weighted by Crippen LogP contribution is -2.50. The van der Waals surface area contributed by atoms with Gasteiger partial charge in [0, 0.05) is 16.5 Å². The standard InChI is InChI=1S/C28H42Cl2NO/c1-7-11-16-31(9-3,10-4)17-18-32-27-15-13-24(28(5,6)8-2)20-23(27)19-22-12-14-25(29)21-26(22)30/h12-15,20-21H,7-11,16-19H2,1-6H3/q+1. The van der Waals surface area contributed by atoms with Gasteiger partial charge in [0.15, 0.2) is 0 Å². The van der Waals surface area contributed by atoms with Crippen molar-refractivity contribution < 1.29 is 9.22 Å². The van der Waals surface area contributed by atoms with E-state index in [1.54, 1.807) is 0 Å². The number of likely N-dealkylation sites (N-methyl/N-ethyl adjacent to an activating group) is 1. The van der Waals surface area contributed by atoms with Gasteiger partial charge in [0.2, 0.25) is 0 Å². The number of ether oxygens (including phenoxy) is 1. The minimum atomic E-state index is 0.119. The Bertz CT molecular complexity index is 859. The molecule has 0 saturated carbocycles. The third kappa shape index (κ3) is 7.14. The Labute approximate surface area is 206 Å². The van der Waals surface area contributed by atoms with Gasteiger partial charge in [-0.2, -0.15) is 0 Å². The largest absolute Gasteiger partial charge is 0.487 e. The summed E-state index contributed by atoms with van der Waals surface area (Å²) in [5.41, 5.74) is 3.71. The molecular formula is C28H42Cl2NO+. The molecule has 0 spiro atoms. The monoisotopic (exact) mass is 478 g/mol. The molecule has 2 nitrogen and oxygen atoms in total. The van der Waals surface area contributed by atoms with Crippen LogP contribution < -0.4 is 4.74 Å². The first-order valence-corrected chi connectivity index (χ1v) is 13.0. The number of nitrogens with zero attached hydrogens (tertiary/aromatic N) is 1. The van der Waals surface area contributed by atoms with Gasteiger partial charge in [-0.3, -0.25) is 0 Å². The van der Waals surface area contributed by atoms with E-state index in [9.17, 15) is 0 Å². The van der Waals surface area contributed by atoms with Crippen LogP contribution in [0.1, 0.15) is 77.5 Å². The second kappa shape index (κ2) is 12.3. The number of hydrogen-bond donors (Lipinski definition) is 0. The number of quaternary nitrogens is 1. The molecule has 32 heavy (non-hydrogen) atoms. The molecule has 2 aromatic carbocycles. The summed E-state index contributed by atoms with van der Waals surface area (Å²) in [5, 5.41) is 1.37. The van der Waals surface area contributed by atoms with Gasteiger partial charge in [0.05, 0.1) is 19.6 Å². The van der Waals surface area contributed by atoms with E-state index in [4.69, 9.17) is 27.9 Å². The van der Waals surface area contributed by atoms with Crippen LogP contribution >= 0.6 is 23.2 Å². The van der Waals surface area contributed by atoms with Gasteiger partial charge in [-0.1, -0.05) is 75.5 Å². The van der Waals surface area contributed by atoms with Crippen LogP contribution in [0.15, 0.2) is 36.4 Å². The van der Waals surface area contributed by atoms with Crippen molar-refractivity contribution in [3.05, 3.63) is 63.1 Å². The van der Waals surface area contributed by atoms with E-state index in [0.29, 0.717) is 10.0 Å². The Kier molecular flexibility index (Phi) is 10.4. The zero-order valence-electron chi connectivity index (χ0n) is 20.9. The van der Waals surface area contributed by atoms with Crippen molar-refractivity contribution in [2.75, 3.05) is 32.8 Å². The Hall–Kier alpha value is -1.22. The molecule has 0 aliphatic carbocycles. The van der Waals surface area contributed by atoms with Crippen LogP contribution in [-0.2, 0) is 11.8 Å². The van der Waals surface area contributed by atoms with Crippen molar-refractivity contribution in [3.63, 3.8) is 0 Å². The summed E-state index contributed by atoms with van der Waals surface area (Å²) in [5.74, 6) is 0.965. The molecule has 0 bridgehead atoms. The number of unbranched alkanes of at least 4 members (excludes halogenated alkanes) is 1. The van der Waals surface area contributed by atoms with E-state index in [0.717, 1.165) is 54.9 Å². The van der Waals surface area contributed by atoms with Crippen molar-refractivity contribution in [3.8, 4) is 5.75 Å². The Balaban J connectivity index is 2.28. The maximum Gasteiger partial charge on any atom is 0.137 e. The highest BCUT2D eigenvalue weighted by Gasteiger charge is 2.23. The van der Waals surface area contributed by atoms with E-state index in [-0.39, 0.29) is 5.41 Å². The summed E-state index contributed by atoms with van der Waals surface area (Å²) in [6, 6.07) is 12.4. The van der Waals surface area contributed by atoms with Crippen molar-refractivity contribution in [1.29, 1.82) is 0 Å². The maximum absolute atomic E-state index is 6.51. The number of rotatable bonds is 13. The third-order valence-electron chi connectivity index (χ3n) is 7.27. The molecule has 0 atom stereocenters. The molecule has 2 rings (SSSR count). The molecule has 0 amide bonds. The quantitative estimate of drug-likeness (QED) is 0.263. The van der Waals surface area contributed by atoms with E-state index in [1.165, 1.54) is 30.5 Å². The van der Waals surface area contributed by atoms with Crippen LogP contribution in [0.4, 0.5) is 0 Å². The number of halogens is 2. The first kappa shape index (κ1) is 27.0. The predicted octanol–water partition coefficient (Wildman–Crippen LogP) is 8.31. The summed E-state index contributed by atoms with van der Waals surface area (Å²) >= 11 is 12.6. The molecular weight excluding hydrogens is 437 g/mol. The minimum Gasteiger partial charge on any atom is -0.487 e. The van der Waals surface area contributed by atoms with Gasteiger partial charge in [0.1, 0.15) is 18.9 Å². The average molecular weight is 480 g/mol. The molecule has 0 fully saturated rings. The van der Waals surface area contributed by atoms with Crippen molar-refractivity contribution in [2.24, 2.45) is 0 Å². The van der Waals surface area contributed by atoms with Gasteiger partial charge >= 0.3 is 0 Å². The molecule has 4 heteroatoms. The van der Waals surface area contributed by atoms with E-state index >= 15 is 0 Å². The lowest BCUT2D eigenvalue weighted by atomic mass is 9.81. The SMILES string of the molecule is CCCC[N+](CC)(CC)CCOc1ccc(C(C)(C)CC)cc1Cc1ccc(Cl)cc1Cl. The lowest BCUT2D eigenvalue weighted by Gasteiger charge is -2.37. The summed E-state index contributed by atoms with van der Waals surface area (Å²) in [6.45, 7) is 19.0. The fourth-order valence-corrected chi connectivity index (χ4v) is 4.64. The van der Waals surface area contributed by atoms with Gasteiger partial charge in [0.25, 0.3) is 0 Å². The molecule has 0 unspecified atom stereocenters. The zero-order valence-corrected chi connectivity index (χ0v) is 22.5. The molecule has 0 heterocycles. The van der Waals surface area contributed by atoms with Gasteiger partial charge < -0.3 is 9.22 Å². The Morgan fingerprint density at radius 1 is 0.875 bits per heavy atom. The van der Waals surface area contributed by atoms with Crippen LogP contribution in [-0.4, -0.2) is 37.3 Å². The predicted molar refractivity (Wildman–Crippen MR) is 141 cm³/mol. The van der Waals surface area contributed by atoms with Crippen LogP contribution in [0.2, 0.25) is 10.0 Å². The van der Waals surface area contributed by atoms with Crippen LogP contribution in [0, 0.1) is 0 Å². The third-order valence-corrected chi connectivity index (χ3v) is 7.86. The van der Waals surface area contributed by atoms with E-state index in [1.807, 2.05) is 18.2 Å². The van der Waals surface area contributed by atoms with Gasteiger partial charge in [-0.25, -0.2) is 0 Å². The topological polar surface area (TPSA) is 9.23 Å². The van der Waals surface area contributed by atoms with Crippen LogP contribution in [0.5, 0.6) is 5.75 Å². The van der Waals surface area contributed by atoms with E-state index < -0.39 is 0 Å². The lowest BCUT2D eigenvalue weighted by molar-refractivity contribution is -0.925. The first-order chi connectivity index (χ1) is 15.2. The van der Waals surface area contributed by atoms with Gasteiger partial charge in [-0.05, 0) is 67.0 Å². The Morgan fingerprint density at radius 2 is 1.59 bits per heavy atom. The molecule has 2 aromatic rings. The Morgan fingerprint density at radius 3 is 2.19 bits per heavy atom. The second-order valence-corrected chi connectivity index (χ2v) is 10.4. The smallest absolute Gasteiger partial charge is 0.137 e. The molecule has 0 radical (unpaired) electrons. The average Bonchev–Trinajstić information content (AvgIpc) is 2.79. The maximum atomic E-state index is 6.51. The zero-order chi connectivity index (χ0) is 23.8. The van der Waals surface area contributed by atoms with Crippen molar-refractivity contribution >= 4 is 23.2 Å². The molecule has 0 aromatic heterocycles. The molecule has 0 aliphatic rings. The minimum absolute atomic E-state index is 0.119. The summed E-state index contributed by atoms with van der Waals surface area (Å²) in [6.07, 6.45) is 4.32. The first-order valence-electron chi connectivity index (χ1n) is 12.3. The van der Waals surface area contributed by atoms with Crippen LogP contribution in [0.3, 0.4) is 0 Å². The van der Waals surface area contributed by atoms with Crippen LogP contribution in [0.25, 0.3) is 0 Å². The highest BCUT2D eigenvalue weighted by molar-refractivity contribution is 6.35. The molecule has 0 N–H and O–H groups in total. The van der Waals surface area contributed by atoms with Gasteiger partial charge in [-0.15, -0.1) is 0 Å². The van der Waals surface area contributed by atoms with E-state index in [2.05, 4.69) is 59.7 Å². The van der Waals surface area contributed by atoms with Crippen molar-refractivity contribution in [1.82, 2.24) is 0 Å². The highest BCUT2D eigenvalue weighted by Crippen LogP contribution is 2.33. The van der Waals surface area contributed by atoms with Crippen molar-refractivity contribution in [2.45, 2.75) is 72.6 Å². The summed E-state index contributed by atoms with van der Waals surface area (Å²) < 4.78 is 7.55. The molecule has 178 valence electrons. The number of hydrogen-bond acceptors (Lipinski definition) is 1. The summed E-state index contributed by atoms with van der Waals surface area (Å²) in [7, 11) is 0. The summed E-state index contributed by atoms with van der Waals surface area (Å²) in [4.78, 5) is 0. The fourth-order valence-electron chi connectivity index (χ4n) is 4.16. The molecule has 0 saturated heterocycles.